The van der Waals surface area contributed by atoms with Gasteiger partial charge in [0.15, 0.2) is 0 Å². The Hall–Kier alpha value is -1.75. The Kier molecular flexibility index (Phi) is 4.52. The summed E-state index contributed by atoms with van der Waals surface area (Å²) in [5.41, 5.74) is 0.778. The summed E-state index contributed by atoms with van der Waals surface area (Å²) < 4.78 is 6.04. The third-order valence-corrected chi connectivity index (χ3v) is 4.56. The number of carbonyl (C=O) groups excluding carboxylic acids is 1. The van der Waals surface area contributed by atoms with Crippen LogP contribution in [0.1, 0.15) is 10.4 Å². The Morgan fingerprint density at radius 2 is 1.82 bits per heavy atom. The zero-order chi connectivity index (χ0) is 15.4. The van der Waals surface area contributed by atoms with Gasteiger partial charge in [-0.15, -0.1) is 0 Å². The molecule has 2 aromatic carbocycles. The van der Waals surface area contributed by atoms with Crippen molar-refractivity contribution in [1.82, 2.24) is 0 Å². The van der Waals surface area contributed by atoms with Gasteiger partial charge in [0.2, 0.25) is 5.78 Å². The number of carbonyl (C=O) groups is 1. The molecule has 0 spiro atoms. The smallest absolute Gasteiger partial charge is 0.217 e. The van der Waals surface area contributed by atoms with Gasteiger partial charge in [-0.05, 0) is 10.8 Å². The molecule has 1 N–H and O–H groups in total. The molecule has 1 heterocycles. The van der Waals surface area contributed by atoms with Gasteiger partial charge in [0.25, 0.3) is 0 Å². The van der Waals surface area contributed by atoms with Crippen LogP contribution in [0.4, 0.5) is 0 Å². The molecule has 1 aliphatic rings. The summed E-state index contributed by atoms with van der Waals surface area (Å²) in [5.74, 6) is 0.146. The second-order valence-corrected chi connectivity index (χ2v) is 5.96. The summed E-state index contributed by atoms with van der Waals surface area (Å²) in [5, 5.41) is 11.5. The van der Waals surface area contributed by atoms with Crippen LogP contribution in [0.3, 0.4) is 0 Å². The molecule has 0 aromatic heterocycles. The number of morpholine rings is 1. The Balaban J connectivity index is 1.89. The number of benzene rings is 2. The van der Waals surface area contributed by atoms with Crippen molar-refractivity contribution in [2.24, 2.45) is 0 Å². The zero-order valence-corrected chi connectivity index (χ0v) is 12.7. The number of Topliss-reactive ketones (excluding diaryl/α,β-unsaturated/α-hetero) is 1. The first kappa shape index (κ1) is 15.2. The highest BCUT2D eigenvalue weighted by Crippen LogP contribution is 2.21. The van der Waals surface area contributed by atoms with Crippen molar-refractivity contribution in [3.05, 3.63) is 48.0 Å². The zero-order valence-electron chi connectivity index (χ0n) is 12.7. The Bertz CT molecular complexity index is 651. The van der Waals surface area contributed by atoms with Crippen LogP contribution in [0.2, 0.25) is 0 Å². The van der Waals surface area contributed by atoms with Crippen LogP contribution in [0.5, 0.6) is 0 Å². The number of quaternary nitrogens is 1. The molecule has 4 heteroatoms. The van der Waals surface area contributed by atoms with Crippen molar-refractivity contribution >= 4 is 16.6 Å². The Morgan fingerprint density at radius 1 is 1.09 bits per heavy atom. The minimum Gasteiger partial charge on any atom is -0.391 e. The second-order valence-electron chi connectivity index (χ2n) is 5.96. The van der Waals surface area contributed by atoms with Crippen molar-refractivity contribution in [1.29, 1.82) is 0 Å². The van der Waals surface area contributed by atoms with E-state index < -0.39 is 0 Å². The van der Waals surface area contributed by atoms with Crippen LogP contribution >= 0.6 is 0 Å². The van der Waals surface area contributed by atoms with E-state index in [4.69, 9.17) is 4.74 Å². The molecule has 0 saturated carbocycles. The number of nitrogens with zero attached hydrogens (tertiary/aromatic N) is 1. The van der Waals surface area contributed by atoms with Crippen LogP contribution in [-0.2, 0) is 4.74 Å². The molecule has 0 aliphatic carbocycles. The van der Waals surface area contributed by atoms with E-state index in [1.165, 1.54) is 0 Å². The van der Waals surface area contributed by atoms with E-state index in [0.717, 1.165) is 29.4 Å². The Labute approximate surface area is 130 Å². The van der Waals surface area contributed by atoms with Gasteiger partial charge < -0.3 is 14.3 Å². The first-order valence-corrected chi connectivity index (χ1v) is 7.79. The number of ketones is 1. The van der Waals surface area contributed by atoms with Gasteiger partial charge in [-0.25, -0.2) is 0 Å². The fourth-order valence-electron chi connectivity index (χ4n) is 3.26. The minimum absolute atomic E-state index is 0.100. The molecule has 0 amide bonds. The Morgan fingerprint density at radius 3 is 2.59 bits per heavy atom. The van der Waals surface area contributed by atoms with E-state index in [2.05, 4.69) is 0 Å². The standard InChI is InChI=1S/C18H22NO3/c20-11-8-19(9-12-22-13-10-19)14-18(21)17-7-3-5-15-4-1-2-6-16(15)17/h1-7,20H,8-14H2/q+1. The molecule has 22 heavy (non-hydrogen) atoms. The molecular formula is C18H22NO3+. The maximum absolute atomic E-state index is 12.9. The molecule has 1 fully saturated rings. The van der Waals surface area contributed by atoms with E-state index in [1.54, 1.807) is 0 Å². The summed E-state index contributed by atoms with van der Waals surface area (Å²) >= 11 is 0. The van der Waals surface area contributed by atoms with Crippen molar-refractivity contribution in [2.75, 3.05) is 46.0 Å². The van der Waals surface area contributed by atoms with E-state index in [1.807, 2.05) is 42.5 Å². The lowest BCUT2D eigenvalue weighted by Crippen LogP contribution is -2.58. The maximum Gasteiger partial charge on any atom is 0.217 e. The summed E-state index contributed by atoms with van der Waals surface area (Å²) in [6, 6.07) is 13.8. The van der Waals surface area contributed by atoms with E-state index >= 15 is 0 Å². The van der Waals surface area contributed by atoms with Gasteiger partial charge in [0.1, 0.15) is 26.2 Å². The first-order valence-electron chi connectivity index (χ1n) is 7.79. The summed E-state index contributed by atoms with van der Waals surface area (Å²) in [6.45, 7) is 4.03. The van der Waals surface area contributed by atoms with Gasteiger partial charge in [0.05, 0.1) is 19.8 Å². The number of hydrogen-bond acceptors (Lipinski definition) is 3. The van der Waals surface area contributed by atoms with Gasteiger partial charge in [0, 0.05) is 5.56 Å². The molecule has 116 valence electrons. The van der Waals surface area contributed by atoms with E-state index in [-0.39, 0.29) is 12.4 Å². The minimum atomic E-state index is 0.100. The van der Waals surface area contributed by atoms with Crippen molar-refractivity contribution in [2.45, 2.75) is 0 Å². The molecule has 0 atom stereocenters. The topological polar surface area (TPSA) is 46.5 Å². The van der Waals surface area contributed by atoms with E-state index in [9.17, 15) is 9.90 Å². The van der Waals surface area contributed by atoms with Crippen LogP contribution < -0.4 is 0 Å². The van der Waals surface area contributed by atoms with Crippen LogP contribution in [0, 0.1) is 0 Å². The van der Waals surface area contributed by atoms with Crippen molar-refractivity contribution < 1.29 is 19.1 Å². The summed E-state index contributed by atoms with van der Waals surface area (Å²) in [7, 11) is 0. The quantitative estimate of drug-likeness (QED) is 0.677. The number of aliphatic hydroxyl groups is 1. The van der Waals surface area contributed by atoms with Crippen LogP contribution in [0.25, 0.3) is 10.8 Å². The fraction of sp³-hybridized carbons (Fsp3) is 0.389. The van der Waals surface area contributed by atoms with Crippen molar-refractivity contribution in [3.8, 4) is 0 Å². The van der Waals surface area contributed by atoms with Gasteiger partial charge in [-0.1, -0.05) is 42.5 Å². The third kappa shape index (κ3) is 3.04. The highest BCUT2D eigenvalue weighted by atomic mass is 16.5. The number of aliphatic hydroxyl groups excluding tert-OH is 1. The average molecular weight is 300 g/mol. The van der Waals surface area contributed by atoms with Crippen molar-refractivity contribution in [3.63, 3.8) is 0 Å². The predicted octanol–water partition coefficient (Wildman–Crippen LogP) is 1.86. The second kappa shape index (κ2) is 6.57. The molecule has 1 saturated heterocycles. The molecule has 4 nitrogen and oxygen atoms in total. The molecular weight excluding hydrogens is 278 g/mol. The number of fused-ring (bicyclic) bond motifs is 1. The highest BCUT2D eigenvalue weighted by molar-refractivity contribution is 6.08. The van der Waals surface area contributed by atoms with Gasteiger partial charge in [-0.3, -0.25) is 4.79 Å². The molecule has 3 rings (SSSR count). The van der Waals surface area contributed by atoms with Gasteiger partial charge in [-0.2, -0.15) is 0 Å². The predicted molar refractivity (Wildman–Crippen MR) is 85.9 cm³/mol. The lowest BCUT2D eigenvalue weighted by Gasteiger charge is -2.40. The lowest BCUT2D eigenvalue weighted by molar-refractivity contribution is -0.927. The maximum atomic E-state index is 12.9. The first-order chi connectivity index (χ1) is 10.7. The fourth-order valence-corrected chi connectivity index (χ4v) is 3.26. The third-order valence-electron chi connectivity index (χ3n) is 4.56. The molecule has 0 unspecified atom stereocenters. The van der Waals surface area contributed by atoms with Crippen LogP contribution in [0.15, 0.2) is 42.5 Å². The largest absolute Gasteiger partial charge is 0.391 e. The lowest BCUT2D eigenvalue weighted by atomic mass is 10.0. The number of ether oxygens (including phenoxy) is 1. The molecule has 0 radical (unpaired) electrons. The molecule has 1 aliphatic heterocycles. The number of hydrogen-bond donors (Lipinski definition) is 1. The normalized spacial score (nSPS) is 17.5. The summed E-state index contributed by atoms with van der Waals surface area (Å²) in [4.78, 5) is 12.9. The summed E-state index contributed by atoms with van der Waals surface area (Å²) in [6.07, 6.45) is 0. The average Bonchev–Trinajstić information content (AvgIpc) is 2.55. The highest BCUT2D eigenvalue weighted by Gasteiger charge is 2.33. The van der Waals surface area contributed by atoms with Crippen LogP contribution in [-0.4, -0.2) is 61.4 Å². The molecule has 2 aromatic rings. The van der Waals surface area contributed by atoms with E-state index in [0.29, 0.717) is 30.8 Å². The monoisotopic (exact) mass is 300 g/mol. The molecule has 0 bridgehead atoms. The SMILES string of the molecule is O=C(C[N+]1(CCO)CCOCC1)c1cccc2ccccc12. The number of rotatable bonds is 5. The van der Waals surface area contributed by atoms with Gasteiger partial charge >= 0.3 is 0 Å².